The van der Waals surface area contributed by atoms with Gasteiger partial charge in [-0.3, -0.25) is 4.79 Å². The van der Waals surface area contributed by atoms with E-state index < -0.39 is 0 Å². The molecule has 0 bridgehead atoms. The van der Waals surface area contributed by atoms with Gasteiger partial charge in [-0.1, -0.05) is 6.07 Å². The summed E-state index contributed by atoms with van der Waals surface area (Å²) in [4.78, 5) is 13.3. The van der Waals surface area contributed by atoms with Crippen molar-refractivity contribution in [1.82, 2.24) is 5.32 Å². The van der Waals surface area contributed by atoms with Gasteiger partial charge < -0.3 is 15.8 Å². The van der Waals surface area contributed by atoms with E-state index in [1.54, 1.807) is 29.5 Å². The Morgan fingerprint density at radius 1 is 1.40 bits per heavy atom. The number of rotatable bonds is 5. The zero-order valence-electron chi connectivity index (χ0n) is 11.0. The van der Waals surface area contributed by atoms with Crippen LogP contribution >= 0.6 is 27.3 Å². The number of nitrogens with one attached hydrogen (secondary N) is 1. The van der Waals surface area contributed by atoms with Crippen LogP contribution in [0.2, 0.25) is 0 Å². The maximum Gasteiger partial charge on any atom is 0.257 e. The molecule has 1 aromatic carbocycles. The van der Waals surface area contributed by atoms with Gasteiger partial charge in [-0.2, -0.15) is 0 Å². The average Bonchev–Trinajstić information content (AvgIpc) is 2.82. The van der Waals surface area contributed by atoms with E-state index in [1.165, 1.54) is 0 Å². The number of hydrogen-bond donors (Lipinski definition) is 2. The van der Waals surface area contributed by atoms with Crippen LogP contribution in [-0.4, -0.2) is 12.5 Å². The second kappa shape index (κ2) is 6.76. The molecule has 1 aromatic heterocycles. The fraction of sp³-hybridized carbons (Fsp3) is 0.214. The summed E-state index contributed by atoms with van der Waals surface area (Å²) in [6, 6.07) is 9.13. The molecule has 1 amide bonds. The number of halogens is 1. The first-order valence-corrected chi connectivity index (χ1v) is 7.76. The molecule has 0 aliphatic heterocycles. The highest BCUT2D eigenvalue weighted by Crippen LogP contribution is 2.25. The number of carbonyl (C=O) groups is 1. The van der Waals surface area contributed by atoms with Crippen molar-refractivity contribution in [2.24, 2.45) is 0 Å². The monoisotopic (exact) mass is 354 g/mol. The average molecular weight is 355 g/mol. The van der Waals surface area contributed by atoms with Crippen LogP contribution in [0.15, 0.2) is 34.1 Å². The van der Waals surface area contributed by atoms with E-state index in [1.807, 2.05) is 19.1 Å². The van der Waals surface area contributed by atoms with Gasteiger partial charge in [-0.25, -0.2) is 0 Å². The third kappa shape index (κ3) is 3.52. The fourth-order valence-corrected chi connectivity index (χ4v) is 3.19. The molecule has 2 aromatic rings. The van der Waals surface area contributed by atoms with Crippen LogP contribution in [0.5, 0.6) is 5.75 Å². The summed E-state index contributed by atoms with van der Waals surface area (Å²) in [5, 5.41) is 2.86. The normalized spacial score (nSPS) is 10.3. The van der Waals surface area contributed by atoms with Crippen molar-refractivity contribution < 1.29 is 9.53 Å². The third-order valence-corrected chi connectivity index (χ3v) is 4.26. The molecule has 20 heavy (non-hydrogen) atoms. The molecule has 0 aliphatic carbocycles. The molecule has 0 atom stereocenters. The van der Waals surface area contributed by atoms with Crippen molar-refractivity contribution >= 4 is 38.9 Å². The molecule has 0 spiro atoms. The van der Waals surface area contributed by atoms with Gasteiger partial charge in [0.1, 0.15) is 11.3 Å². The molecule has 0 unspecified atom stereocenters. The lowest BCUT2D eigenvalue weighted by molar-refractivity contribution is 0.0948. The van der Waals surface area contributed by atoms with Crippen LogP contribution in [0.1, 0.15) is 22.2 Å². The maximum atomic E-state index is 12.3. The Kier molecular flexibility index (Phi) is 5.03. The highest BCUT2D eigenvalue weighted by molar-refractivity contribution is 9.11. The molecule has 6 heteroatoms. The summed E-state index contributed by atoms with van der Waals surface area (Å²) < 4.78 is 6.49. The van der Waals surface area contributed by atoms with Gasteiger partial charge in [0.05, 0.1) is 16.9 Å². The molecule has 2 rings (SSSR count). The lowest BCUT2D eigenvalue weighted by Crippen LogP contribution is -2.24. The second-order valence-electron chi connectivity index (χ2n) is 4.04. The van der Waals surface area contributed by atoms with E-state index in [-0.39, 0.29) is 5.91 Å². The molecule has 0 fully saturated rings. The Hall–Kier alpha value is -1.53. The molecular formula is C14H15BrN2O2S. The summed E-state index contributed by atoms with van der Waals surface area (Å²) in [6.07, 6.45) is 0. The van der Waals surface area contributed by atoms with Gasteiger partial charge in [0.2, 0.25) is 0 Å². The smallest absolute Gasteiger partial charge is 0.257 e. The fourth-order valence-electron chi connectivity index (χ4n) is 1.77. The van der Waals surface area contributed by atoms with Crippen molar-refractivity contribution in [2.45, 2.75) is 13.5 Å². The standard InChI is InChI=1S/C14H15BrN2O2S/c1-2-19-11-5-3-4-10(16)13(11)14(18)17-8-9-6-7-12(15)20-9/h3-7H,2,8,16H2,1H3,(H,17,18). The molecule has 0 radical (unpaired) electrons. The number of anilines is 1. The van der Waals surface area contributed by atoms with Crippen LogP contribution in [0.3, 0.4) is 0 Å². The number of hydrogen-bond acceptors (Lipinski definition) is 4. The topological polar surface area (TPSA) is 64.3 Å². The lowest BCUT2D eigenvalue weighted by atomic mass is 10.1. The minimum atomic E-state index is -0.226. The molecular weight excluding hydrogens is 340 g/mol. The van der Waals surface area contributed by atoms with Crippen LogP contribution in [0.25, 0.3) is 0 Å². The van der Waals surface area contributed by atoms with Crippen LogP contribution in [0.4, 0.5) is 5.69 Å². The Morgan fingerprint density at radius 3 is 2.85 bits per heavy atom. The zero-order valence-corrected chi connectivity index (χ0v) is 13.4. The number of ether oxygens (including phenoxy) is 1. The molecule has 3 N–H and O–H groups in total. The summed E-state index contributed by atoms with van der Waals surface area (Å²) in [7, 11) is 0. The molecule has 106 valence electrons. The van der Waals surface area contributed by atoms with Crippen LogP contribution in [0, 0.1) is 0 Å². The van der Waals surface area contributed by atoms with Gasteiger partial charge in [0.15, 0.2) is 0 Å². The largest absolute Gasteiger partial charge is 0.493 e. The molecule has 0 saturated carbocycles. The first-order chi connectivity index (χ1) is 9.61. The Bertz CT molecular complexity index is 613. The zero-order chi connectivity index (χ0) is 14.5. The summed E-state index contributed by atoms with van der Waals surface area (Å²) >= 11 is 4.98. The van der Waals surface area contributed by atoms with Crippen molar-refractivity contribution in [1.29, 1.82) is 0 Å². The predicted molar refractivity (Wildman–Crippen MR) is 85.2 cm³/mol. The molecule has 0 saturated heterocycles. The molecule has 1 heterocycles. The van der Waals surface area contributed by atoms with E-state index in [0.29, 0.717) is 30.2 Å². The van der Waals surface area contributed by atoms with E-state index in [9.17, 15) is 4.79 Å². The Labute approximate surface area is 130 Å². The van der Waals surface area contributed by atoms with Crippen LogP contribution in [-0.2, 0) is 6.54 Å². The van der Waals surface area contributed by atoms with E-state index >= 15 is 0 Å². The van der Waals surface area contributed by atoms with Crippen molar-refractivity contribution in [3.8, 4) is 5.75 Å². The minimum absolute atomic E-state index is 0.226. The third-order valence-electron chi connectivity index (χ3n) is 2.64. The predicted octanol–water partition coefficient (Wildman–Crippen LogP) is 3.42. The number of benzene rings is 1. The Balaban J connectivity index is 2.12. The summed E-state index contributed by atoms with van der Waals surface area (Å²) in [6.45, 7) is 2.82. The number of thiophene rings is 1. The quantitative estimate of drug-likeness (QED) is 0.808. The number of amides is 1. The van der Waals surface area contributed by atoms with Gasteiger partial charge in [0.25, 0.3) is 5.91 Å². The highest BCUT2D eigenvalue weighted by atomic mass is 79.9. The molecule has 0 aliphatic rings. The number of nitrogen functional groups attached to an aromatic ring is 1. The van der Waals surface area contributed by atoms with Crippen LogP contribution < -0.4 is 15.8 Å². The van der Waals surface area contributed by atoms with Gasteiger partial charge in [-0.05, 0) is 47.1 Å². The number of nitrogens with two attached hydrogens (primary N) is 1. The summed E-state index contributed by atoms with van der Waals surface area (Å²) in [5.41, 5.74) is 6.69. The Morgan fingerprint density at radius 2 is 2.20 bits per heavy atom. The van der Waals surface area contributed by atoms with Gasteiger partial charge in [-0.15, -0.1) is 11.3 Å². The maximum absolute atomic E-state index is 12.3. The highest BCUT2D eigenvalue weighted by Gasteiger charge is 2.15. The van der Waals surface area contributed by atoms with Crippen molar-refractivity contribution in [2.75, 3.05) is 12.3 Å². The second-order valence-corrected chi connectivity index (χ2v) is 6.59. The lowest BCUT2D eigenvalue weighted by Gasteiger charge is -2.12. The molecule has 4 nitrogen and oxygen atoms in total. The van der Waals surface area contributed by atoms with Crippen molar-refractivity contribution in [3.63, 3.8) is 0 Å². The SMILES string of the molecule is CCOc1cccc(N)c1C(=O)NCc1ccc(Br)s1. The minimum Gasteiger partial charge on any atom is -0.493 e. The van der Waals surface area contributed by atoms with Gasteiger partial charge >= 0.3 is 0 Å². The van der Waals surface area contributed by atoms with Gasteiger partial charge in [0, 0.05) is 10.6 Å². The van der Waals surface area contributed by atoms with Crippen molar-refractivity contribution in [3.05, 3.63) is 44.6 Å². The first kappa shape index (κ1) is 14.9. The van der Waals surface area contributed by atoms with E-state index in [4.69, 9.17) is 10.5 Å². The van der Waals surface area contributed by atoms with E-state index in [0.717, 1.165) is 8.66 Å². The number of carbonyl (C=O) groups excluding carboxylic acids is 1. The first-order valence-electron chi connectivity index (χ1n) is 6.15. The summed E-state index contributed by atoms with van der Waals surface area (Å²) in [5.74, 6) is 0.286. The van der Waals surface area contributed by atoms with E-state index in [2.05, 4.69) is 21.2 Å².